The van der Waals surface area contributed by atoms with Crippen LogP contribution in [0.25, 0.3) is 11.5 Å². The Morgan fingerprint density at radius 3 is 2.60 bits per heavy atom. The monoisotopic (exact) mass is 567 g/mol. The van der Waals surface area contributed by atoms with Crippen LogP contribution in [0.15, 0.2) is 64.3 Å². The maximum Gasteiger partial charge on any atom is 0.417 e. The first-order valence-electron chi connectivity index (χ1n) is 12.6. The number of morpholine rings is 1. The van der Waals surface area contributed by atoms with Crippen LogP contribution in [-0.2, 0) is 22.1 Å². The highest BCUT2D eigenvalue weighted by molar-refractivity contribution is 7.12. The molecule has 0 bridgehead atoms. The molecular weight excluding hydrogens is 543 g/mol. The van der Waals surface area contributed by atoms with Crippen molar-refractivity contribution in [3.05, 3.63) is 81.3 Å². The number of anilines is 2. The molecule has 1 atom stereocenters. The van der Waals surface area contributed by atoms with Gasteiger partial charge in [0, 0.05) is 46.6 Å². The van der Waals surface area contributed by atoms with Crippen molar-refractivity contribution in [1.82, 2.24) is 9.97 Å². The number of hydrogen-bond donors (Lipinski definition) is 1. The number of carbonyl (C=O) groups is 1. The van der Waals surface area contributed by atoms with Crippen LogP contribution < -0.4 is 10.2 Å². The third kappa shape index (κ3) is 5.24. The summed E-state index contributed by atoms with van der Waals surface area (Å²) in [6.07, 6.45) is -3.16. The maximum absolute atomic E-state index is 13.5. The molecule has 6 rings (SSSR count). The summed E-state index contributed by atoms with van der Waals surface area (Å²) < 4.78 is 51.7. The van der Waals surface area contributed by atoms with Crippen LogP contribution in [0.5, 0.6) is 0 Å². The molecule has 2 aliphatic rings. The number of pyridine rings is 1. The van der Waals surface area contributed by atoms with Crippen molar-refractivity contribution < 1.29 is 27.1 Å². The predicted molar refractivity (Wildman–Crippen MR) is 145 cm³/mol. The van der Waals surface area contributed by atoms with E-state index in [1.54, 1.807) is 16.2 Å². The molecule has 12 heteroatoms. The highest BCUT2D eigenvalue weighted by Crippen LogP contribution is 2.37. The fourth-order valence-corrected chi connectivity index (χ4v) is 5.81. The van der Waals surface area contributed by atoms with Crippen molar-refractivity contribution in [1.29, 1.82) is 0 Å². The molecule has 1 N–H and O–H groups in total. The van der Waals surface area contributed by atoms with Crippen LogP contribution in [0, 0.1) is 6.92 Å². The Balaban J connectivity index is 1.33. The van der Waals surface area contributed by atoms with Gasteiger partial charge in [0.2, 0.25) is 0 Å². The quantitative estimate of drug-likeness (QED) is 0.347. The summed E-state index contributed by atoms with van der Waals surface area (Å²) in [6.45, 7) is 3.58. The molecule has 1 unspecified atom stereocenters. The van der Waals surface area contributed by atoms with Gasteiger partial charge in [-0.3, -0.25) is 14.8 Å². The second-order valence-electron chi connectivity index (χ2n) is 9.45. The molecule has 0 saturated carbocycles. The standard InChI is InChI=1S/C28H24F3N5O3S/c1-16-11-19-23(40-16)13-21(37)26(34-24(19)17-5-3-2-4-6-17)35-27-33-15-22(39-27)25-20(36-7-9-38-10-8-36)12-18(14-32-25)28(29,30)31/h2-6,11-12,14-15,26H,7-10,13H2,1H3,(H,33,35). The number of ketones is 1. The zero-order chi connectivity index (χ0) is 27.9. The van der Waals surface area contributed by atoms with E-state index >= 15 is 0 Å². The Morgan fingerprint density at radius 1 is 1.07 bits per heavy atom. The Morgan fingerprint density at radius 2 is 1.85 bits per heavy atom. The number of thiophene rings is 1. The average molecular weight is 568 g/mol. The molecule has 1 saturated heterocycles. The van der Waals surface area contributed by atoms with Crippen LogP contribution in [0.2, 0.25) is 0 Å². The van der Waals surface area contributed by atoms with Gasteiger partial charge < -0.3 is 19.4 Å². The summed E-state index contributed by atoms with van der Waals surface area (Å²) in [7, 11) is 0. The minimum absolute atomic E-state index is 0.0144. The Labute approximate surface area is 231 Å². The molecule has 40 heavy (non-hydrogen) atoms. The fourth-order valence-electron chi connectivity index (χ4n) is 4.77. The summed E-state index contributed by atoms with van der Waals surface area (Å²) in [6, 6.07) is 12.7. The van der Waals surface area contributed by atoms with E-state index < -0.39 is 17.9 Å². The molecule has 1 fully saturated rings. The molecule has 0 spiro atoms. The molecule has 4 aromatic rings. The van der Waals surface area contributed by atoms with Crippen molar-refractivity contribution in [3.63, 3.8) is 0 Å². The van der Waals surface area contributed by atoms with Crippen molar-refractivity contribution in [2.45, 2.75) is 25.7 Å². The molecule has 3 aromatic heterocycles. The van der Waals surface area contributed by atoms with Gasteiger partial charge in [-0.15, -0.1) is 11.3 Å². The number of nitrogens with one attached hydrogen (secondary N) is 1. The lowest BCUT2D eigenvalue weighted by Gasteiger charge is -2.30. The normalized spacial score (nSPS) is 17.8. The number of ether oxygens (including phenoxy) is 1. The first-order valence-corrected chi connectivity index (χ1v) is 13.5. The van der Waals surface area contributed by atoms with Gasteiger partial charge in [-0.2, -0.15) is 13.2 Å². The van der Waals surface area contributed by atoms with Crippen LogP contribution >= 0.6 is 11.3 Å². The lowest BCUT2D eigenvalue weighted by atomic mass is 10.0. The van der Waals surface area contributed by atoms with E-state index in [2.05, 4.69) is 15.3 Å². The second-order valence-corrected chi connectivity index (χ2v) is 10.8. The van der Waals surface area contributed by atoms with Crippen molar-refractivity contribution >= 4 is 34.5 Å². The van der Waals surface area contributed by atoms with E-state index in [-0.39, 0.29) is 35.4 Å². The van der Waals surface area contributed by atoms with Gasteiger partial charge >= 0.3 is 6.18 Å². The number of rotatable bonds is 5. The van der Waals surface area contributed by atoms with E-state index in [1.165, 1.54) is 6.20 Å². The largest absolute Gasteiger partial charge is 0.422 e. The molecular formula is C28H24F3N5O3S. The minimum atomic E-state index is -4.55. The summed E-state index contributed by atoms with van der Waals surface area (Å²) in [5.74, 6) is 0.0104. The topological polar surface area (TPSA) is 92.9 Å². The number of aliphatic imine (C=N–C) groups is 1. The number of hydrogen-bond acceptors (Lipinski definition) is 9. The molecule has 0 amide bonds. The molecule has 0 aliphatic carbocycles. The first-order chi connectivity index (χ1) is 19.3. The first kappa shape index (κ1) is 26.2. The Bertz CT molecular complexity index is 1580. The van der Waals surface area contributed by atoms with E-state index in [4.69, 9.17) is 14.1 Å². The summed E-state index contributed by atoms with van der Waals surface area (Å²) in [5.41, 5.74) is 2.12. The zero-order valence-corrected chi connectivity index (χ0v) is 22.2. The predicted octanol–water partition coefficient (Wildman–Crippen LogP) is 5.36. The van der Waals surface area contributed by atoms with Crippen LogP contribution in [0.1, 0.15) is 26.4 Å². The third-order valence-corrected chi connectivity index (χ3v) is 7.73. The van der Waals surface area contributed by atoms with E-state index in [0.717, 1.165) is 33.1 Å². The fraction of sp³-hybridized carbons (Fsp3) is 0.286. The second kappa shape index (κ2) is 10.5. The van der Waals surface area contributed by atoms with E-state index in [9.17, 15) is 18.0 Å². The van der Waals surface area contributed by atoms with Crippen molar-refractivity contribution in [3.8, 4) is 11.5 Å². The Kier molecular flexibility index (Phi) is 6.88. The molecule has 1 aromatic carbocycles. The lowest BCUT2D eigenvalue weighted by Crippen LogP contribution is -2.36. The minimum Gasteiger partial charge on any atom is -0.422 e. The van der Waals surface area contributed by atoms with Crippen molar-refractivity contribution in [2.75, 3.05) is 36.5 Å². The smallest absolute Gasteiger partial charge is 0.417 e. The van der Waals surface area contributed by atoms with Crippen molar-refractivity contribution in [2.24, 2.45) is 4.99 Å². The van der Waals surface area contributed by atoms with Gasteiger partial charge in [0.1, 0.15) is 5.69 Å². The summed E-state index contributed by atoms with van der Waals surface area (Å²) in [5, 5.41) is 2.98. The molecule has 2 aliphatic heterocycles. The number of Topliss-reactive ketones (excluding diaryl/α,β-unsaturated/α-hetero) is 1. The molecule has 206 valence electrons. The number of alkyl halides is 3. The number of carbonyl (C=O) groups excluding carboxylic acids is 1. The molecule has 8 nitrogen and oxygen atoms in total. The number of oxazole rings is 1. The van der Waals surface area contributed by atoms with Crippen LogP contribution in [0.4, 0.5) is 24.9 Å². The highest BCUT2D eigenvalue weighted by Gasteiger charge is 2.34. The van der Waals surface area contributed by atoms with E-state index in [1.807, 2.05) is 43.3 Å². The number of nitrogens with zero attached hydrogens (tertiary/aromatic N) is 4. The van der Waals surface area contributed by atoms with E-state index in [0.29, 0.717) is 32.0 Å². The van der Waals surface area contributed by atoms with Gasteiger partial charge in [0.25, 0.3) is 6.01 Å². The summed E-state index contributed by atoms with van der Waals surface area (Å²) >= 11 is 1.56. The zero-order valence-electron chi connectivity index (χ0n) is 21.4. The van der Waals surface area contributed by atoms with Gasteiger partial charge in [0.15, 0.2) is 17.7 Å². The maximum atomic E-state index is 13.5. The summed E-state index contributed by atoms with van der Waals surface area (Å²) in [4.78, 5) is 30.2. The van der Waals surface area contributed by atoms with Crippen LogP contribution in [-0.4, -0.2) is 53.9 Å². The highest BCUT2D eigenvalue weighted by atomic mass is 32.1. The number of aromatic nitrogens is 2. The van der Waals surface area contributed by atoms with Gasteiger partial charge in [-0.1, -0.05) is 30.3 Å². The number of halogens is 3. The molecule has 5 heterocycles. The van der Waals surface area contributed by atoms with Gasteiger partial charge in [0.05, 0.1) is 36.4 Å². The van der Waals surface area contributed by atoms with Gasteiger partial charge in [-0.05, 0) is 19.1 Å². The lowest BCUT2D eigenvalue weighted by molar-refractivity contribution is -0.137. The number of benzene rings is 1. The Hall–Kier alpha value is -4.03. The van der Waals surface area contributed by atoms with Gasteiger partial charge in [-0.25, -0.2) is 4.98 Å². The molecule has 0 radical (unpaired) electrons. The average Bonchev–Trinajstić information content (AvgIpc) is 3.54. The van der Waals surface area contributed by atoms with Crippen LogP contribution in [0.3, 0.4) is 0 Å². The third-order valence-electron chi connectivity index (χ3n) is 6.68. The SMILES string of the molecule is Cc1cc2c(s1)CC(=O)C(Nc1ncc(-c3ncc(C(F)(F)F)cc3N3CCOCC3)o1)N=C2c1ccccc1. The number of aryl methyl sites for hydroxylation is 1. The number of fused-ring (bicyclic) bond motifs is 1.